The van der Waals surface area contributed by atoms with Gasteiger partial charge in [-0.05, 0) is 49.2 Å². The molecule has 0 aliphatic rings. The van der Waals surface area contributed by atoms with Gasteiger partial charge in [0.2, 0.25) is 0 Å². The Balaban J connectivity index is 1.70. The fourth-order valence-electron chi connectivity index (χ4n) is 2.80. The van der Waals surface area contributed by atoms with Gasteiger partial charge in [0.15, 0.2) is 0 Å². The molecule has 1 N–H and O–H groups in total. The Kier molecular flexibility index (Phi) is 5.23. The van der Waals surface area contributed by atoms with Crippen molar-refractivity contribution in [2.24, 2.45) is 0 Å². The van der Waals surface area contributed by atoms with Crippen LogP contribution < -0.4 is 4.74 Å². The van der Waals surface area contributed by atoms with Gasteiger partial charge >= 0.3 is 5.97 Å². The lowest BCUT2D eigenvalue weighted by Crippen LogP contribution is -2.23. The van der Waals surface area contributed by atoms with Crippen LogP contribution in [0.4, 0.5) is 0 Å². The molecule has 0 radical (unpaired) electrons. The lowest BCUT2D eigenvalue weighted by molar-refractivity contribution is 0.0585. The van der Waals surface area contributed by atoms with Crippen LogP contribution in [0.3, 0.4) is 0 Å². The van der Waals surface area contributed by atoms with Crippen molar-refractivity contribution in [2.45, 2.75) is 26.5 Å². The van der Waals surface area contributed by atoms with Crippen LogP contribution in [0.1, 0.15) is 21.5 Å². The molecule has 2 aromatic carbocycles. The van der Waals surface area contributed by atoms with E-state index in [9.17, 15) is 9.90 Å². The highest BCUT2D eigenvalue weighted by Gasteiger charge is 2.15. The number of aliphatic hydroxyl groups is 1. The molecule has 0 aliphatic carbocycles. The third-order valence-corrected chi connectivity index (χ3v) is 4.37. The maximum Gasteiger partial charge on any atom is 0.341 e. The van der Waals surface area contributed by atoms with Gasteiger partial charge in [-0.1, -0.05) is 12.1 Å². The van der Waals surface area contributed by atoms with E-state index in [2.05, 4.69) is 24.9 Å². The molecule has 0 spiro atoms. The standard InChI is InChI=1S/C20H22N2O4/c1-13-8-17-18(9-14(13)2)22(12-21-17)10-15(23)11-26-19-7-5-4-6-16(19)20(24)25-3/h4-9,12,15,23H,10-11H2,1-3H3/t15-/m1/s1. The Labute approximate surface area is 152 Å². The minimum atomic E-state index is -0.750. The predicted molar refractivity (Wildman–Crippen MR) is 98.5 cm³/mol. The van der Waals surface area contributed by atoms with Crippen LogP contribution in [0, 0.1) is 13.8 Å². The SMILES string of the molecule is COC(=O)c1ccccc1OC[C@H](O)Cn1cnc2cc(C)c(C)cc21. The molecule has 1 heterocycles. The Morgan fingerprint density at radius 3 is 2.73 bits per heavy atom. The molecule has 0 fully saturated rings. The van der Waals surface area contributed by atoms with Crippen LogP contribution in [0.25, 0.3) is 11.0 Å². The molecular weight excluding hydrogens is 332 g/mol. The fraction of sp³-hybridized carbons (Fsp3) is 0.300. The van der Waals surface area contributed by atoms with Crippen molar-refractivity contribution in [1.82, 2.24) is 9.55 Å². The summed E-state index contributed by atoms with van der Waals surface area (Å²) >= 11 is 0. The number of fused-ring (bicyclic) bond motifs is 1. The highest BCUT2D eigenvalue weighted by atomic mass is 16.5. The molecule has 0 bridgehead atoms. The molecule has 0 saturated heterocycles. The number of aromatic nitrogens is 2. The lowest BCUT2D eigenvalue weighted by atomic mass is 10.1. The summed E-state index contributed by atoms with van der Waals surface area (Å²) in [5, 5.41) is 10.4. The highest BCUT2D eigenvalue weighted by Crippen LogP contribution is 2.20. The summed E-state index contributed by atoms with van der Waals surface area (Å²) in [4.78, 5) is 16.2. The molecule has 136 valence electrons. The number of rotatable bonds is 6. The Morgan fingerprint density at radius 2 is 1.96 bits per heavy atom. The lowest BCUT2D eigenvalue weighted by Gasteiger charge is -2.15. The van der Waals surface area contributed by atoms with Crippen LogP contribution in [0.2, 0.25) is 0 Å². The average molecular weight is 354 g/mol. The van der Waals surface area contributed by atoms with Gasteiger partial charge in [0.1, 0.15) is 24.0 Å². The number of benzene rings is 2. The van der Waals surface area contributed by atoms with Crippen molar-refractivity contribution >= 4 is 17.0 Å². The molecule has 1 aromatic heterocycles. The number of carbonyl (C=O) groups excluding carboxylic acids is 1. The molecule has 6 heteroatoms. The van der Waals surface area contributed by atoms with Gasteiger partial charge < -0.3 is 19.1 Å². The van der Waals surface area contributed by atoms with E-state index < -0.39 is 12.1 Å². The van der Waals surface area contributed by atoms with E-state index in [0.717, 1.165) is 11.0 Å². The Bertz CT molecular complexity index is 933. The topological polar surface area (TPSA) is 73.6 Å². The van der Waals surface area contributed by atoms with E-state index in [4.69, 9.17) is 9.47 Å². The number of methoxy groups -OCH3 is 1. The zero-order valence-electron chi connectivity index (χ0n) is 15.1. The molecule has 0 amide bonds. The van der Waals surface area contributed by atoms with Gasteiger partial charge in [0.05, 0.1) is 31.0 Å². The zero-order chi connectivity index (χ0) is 18.7. The minimum Gasteiger partial charge on any atom is -0.490 e. The first-order valence-electron chi connectivity index (χ1n) is 8.40. The summed E-state index contributed by atoms with van der Waals surface area (Å²) < 4.78 is 12.3. The number of nitrogens with zero attached hydrogens (tertiary/aromatic N) is 2. The summed E-state index contributed by atoms with van der Waals surface area (Å²) in [6, 6.07) is 10.9. The van der Waals surface area contributed by atoms with E-state index in [-0.39, 0.29) is 6.61 Å². The highest BCUT2D eigenvalue weighted by molar-refractivity contribution is 5.92. The van der Waals surface area contributed by atoms with Crippen molar-refractivity contribution in [2.75, 3.05) is 13.7 Å². The Morgan fingerprint density at radius 1 is 1.23 bits per heavy atom. The van der Waals surface area contributed by atoms with Gasteiger partial charge in [-0.2, -0.15) is 0 Å². The molecule has 0 saturated carbocycles. The summed E-state index contributed by atoms with van der Waals surface area (Å²) in [7, 11) is 1.32. The second-order valence-electron chi connectivity index (χ2n) is 6.27. The number of hydrogen-bond donors (Lipinski definition) is 1. The first-order valence-corrected chi connectivity index (χ1v) is 8.40. The van der Waals surface area contributed by atoms with Crippen LogP contribution in [-0.2, 0) is 11.3 Å². The molecule has 6 nitrogen and oxygen atoms in total. The van der Waals surface area contributed by atoms with E-state index in [1.165, 1.54) is 18.2 Å². The quantitative estimate of drug-likeness (QED) is 0.689. The van der Waals surface area contributed by atoms with Crippen molar-refractivity contribution in [1.29, 1.82) is 0 Å². The van der Waals surface area contributed by atoms with Crippen LogP contribution in [-0.4, -0.2) is 40.4 Å². The van der Waals surface area contributed by atoms with Gasteiger partial charge in [0, 0.05) is 0 Å². The third-order valence-electron chi connectivity index (χ3n) is 4.37. The van der Waals surface area contributed by atoms with Crippen LogP contribution >= 0.6 is 0 Å². The molecule has 3 aromatic rings. The van der Waals surface area contributed by atoms with E-state index in [0.29, 0.717) is 17.9 Å². The molecule has 26 heavy (non-hydrogen) atoms. The number of carbonyl (C=O) groups is 1. The smallest absolute Gasteiger partial charge is 0.341 e. The number of ether oxygens (including phenoxy) is 2. The van der Waals surface area contributed by atoms with Crippen molar-refractivity contribution < 1.29 is 19.4 Å². The fourth-order valence-corrected chi connectivity index (χ4v) is 2.80. The monoisotopic (exact) mass is 354 g/mol. The number of hydrogen-bond acceptors (Lipinski definition) is 5. The maximum absolute atomic E-state index is 11.8. The molecule has 3 rings (SSSR count). The first kappa shape index (κ1) is 17.9. The summed E-state index contributed by atoms with van der Waals surface area (Å²) in [6.07, 6.45) is 0.967. The average Bonchev–Trinajstić information content (AvgIpc) is 3.01. The number of para-hydroxylation sites is 1. The minimum absolute atomic E-state index is 0.0541. The van der Waals surface area contributed by atoms with Gasteiger partial charge in [0.25, 0.3) is 0 Å². The number of aryl methyl sites for hydroxylation is 2. The summed E-state index contributed by atoms with van der Waals surface area (Å²) in [6.45, 7) is 4.50. The number of esters is 1. The largest absolute Gasteiger partial charge is 0.490 e. The first-order chi connectivity index (χ1) is 12.5. The van der Waals surface area contributed by atoms with Crippen molar-refractivity contribution in [3.63, 3.8) is 0 Å². The number of imidazole rings is 1. The molecular formula is C20H22N2O4. The normalized spacial score (nSPS) is 12.2. The predicted octanol–water partition coefficient (Wildman–Crippen LogP) is 2.88. The van der Waals surface area contributed by atoms with E-state index in [1.54, 1.807) is 30.6 Å². The van der Waals surface area contributed by atoms with Gasteiger partial charge in [-0.3, -0.25) is 0 Å². The Hall–Kier alpha value is -2.86. The zero-order valence-corrected chi connectivity index (χ0v) is 15.1. The maximum atomic E-state index is 11.8. The van der Waals surface area contributed by atoms with Gasteiger partial charge in [-0.25, -0.2) is 9.78 Å². The van der Waals surface area contributed by atoms with Crippen molar-refractivity contribution in [3.8, 4) is 5.75 Å². The van der Waals surface area contributed by atoms with Crippen LogP contribution in [0.5, 0.6) is 5.75 Å². The summed E-state index contributed by atoms with van der Waals surface area (Å²) in [5.41, 5.74) is 4.57. The van der Waals surface area contributed by atoms with E-state index >= 15 is 0 Å². The molecule has 0 unspecified atom stereocenters. The second-order valence-corrected chi connectivity index (χ2v) is 6.27. The van der Waals surface area contributed by atoms with Crippen molar-refractivity contribution in [3.05, 3.63) is 59.4 Å². The summed E-state index contributed by atoms with van der Waals surface area (Å²) in [5.74, 6) is -0.0816. The van der Waals surface area contributed by atoms with Crippen LogP contribution in [0.15, 0.2) is 42.7 Å². The number of aliphatic hydroxyl groups excluding tert-OH is 1. The molecule has 0 aliphatic heterocycles. The van der Waals surface area contributed by atoms with E-state index in [1.807, 2.05) is 10.6 Å². The van der Waals surface area contributed by atoms with Gasteiger partial charge in [-0.15, -0.1) is 0 Å². The third kappa shape index (κ3) is 3.70. The second kappa shape index (κ2) is 7.58. The molecule has 1 atom stereocenters.